The lowest BCUT2D eigenvalue weighted by atomic mass is 9.89. The number of hydrogen-bond acceptors (Lipinski definition) is 6. The molecule has 2 unspecified atom stereocenters. The summed E-state index contributed by atoms with van der Waals surface area (Å²) < 4.78 is 11.8. The van der Waals surface area contributed by atoms with Crippen molar-refractivity contribution in [3.63, 3.8) is 0 Å². The Kier molecular flexibility index (Phi) is 14.8. The van der Waals surface area contributed by atoms with Gasteiger partial charge in [0.25, 0.3) is 5.91 Å². The lowest BCUT2D eigenvalue weighted by Gasteiger charge is -2.20. The second-order valence-corrected chi connectivity index (χ2v) is 12.4. The van der Waals surface area contributed by atoms with Gasteiger partial charge < -0.3 is 25.2 Å². The molecule has 0 fully saturated rings. The van der Waals surface area contributed by atoms with E-state index in [-0.39, 0.29) is 17.9 Å². The van der Waals surface area contributed by atoms with Crippen LogP contribution in [0, 0.1) is 11.8 Å². The molecule has 0 aromatic heterocycles. The monoisotopic (exact) mass is 634 g/mol. The highest BCUT2D eigenvalue weighted by Crippen LogP contribution is 2.35. The normalized spacial score (nSPS) is 12.9. The van der Waals surface area contributed by atoms with Crippen LogP contribution in [0.4, 0.5) is 5.69 Å². The van der Waals surface area contributed by atoms with E-state index in [4.69, 9.17) is 9.47 Å². The second-order valence-electron chi connectivity index (χ2n) is 11.3. The maximum absolute atomic E-state index is 13.3. The van der Waals surface area contributed by atoms with Gasteiger partial charge in [-0.25, -0.2) is 0 Å². The molecule has 9 heteroatoms. The number of benzene rings is 3. The maximum atomic E-state index is 13.3. The van der Waals surface area contributed by atoms with Crippen LogP contribution >= 0.6 is 11.8 Å². The number of aliphatic carboxylic acids is 1. The van der Waals surface area contributed by atoms with Gasteiger partial charge in [0, 0.05) is 23.1 Å². The van der Waals surface area contributed by atoms with Gasteiger partial charge in [0.15, 0.2) is 0 Å². The average Bonchev–Trinajstić information content (AvgIpc) is 3.03. The molecule has 2 amide bonds. The Morgan fingerprint density at radius 1 is 0.933 bits per heavy atom. The predicted octanol–water partition coefficient (Wildman–Crippen LogP) is 7.82. The third-order valence-electron chi connectivity index (χ3n) is 7.47. The van der Waals surface area contributed by atoms with E-state index in [1.807, 2.05) is 49.4 Å². The van der Waals surface area contributed by atoms with Crippen LogP contribution in [-0.2, 0) is 16.2 Å². The molecule has 3 rings (SSSR count). The number of carboxylic acids is 1. The van der Waals surface area contributed by atoms with Crippen molar-refractivity contribution in [1.29, 1.82) is 0 Å². The van der Waals surface area contributed by atoms with Gasteiger partial charge in [-0.2, -0.15) is 0 Å². The van der Waals surface area contributed by atoms with Crippen molar-refractivity contribution in [2.45, 2.75) is 77.3 Å². The molecule has 0 saturated heterocycles. The van der Waals surface area contributed by atoms with E-state index in [0.29, 0.717) is 54.1 Å². The summed E-state index contributed by atoms with van der Waals surface area (Å²) in [4.78, 5) is 37.5. The molecule has 242 valence electrons. The molecule has 0 saturated carbocycles. The molecule has 0 bridgehead atoms. The van der Waals surface area contributed by atoms with E-state index in [1.54, 1.807) is 30.3 Å². The molecule has 45 heavy (non-hydrogen) atoms. The van der Waals surface area contributed by atoms with E-state index < -0.39 is 11.9 Å². The van der Waals surface area contributed by atoms with Crippen LogP contribution in [0.2, 0.25) is 0 Å². The number of carbonyl (C=O) groups excluding carboxylic acids is 2. The SMILES string of the molecule is CCCCC(CC)CC(CSc1cc(OCc2ccccc2)ccc1NC(=O)c1ccc(OC[C@H](C)NC(C)=O)cc1)C(=O)O. The summed E-state index contributed by atoms with van der Waals surface area (Å²) in [7, 11) is 0. The molecule has 8 nitrogen and oxygen atoms in total. The third-order valence-corrected chi connectivity index (χ3v) is 8.68. The fourth-order valence-electron chi connectivity index (χ4n) is 4.88. The van der Waals surface area contributed by atoms with Crippen LogP contribution in [0.15, 0.2) is 77.7 Å². The van der Waals surface area contributed by atoms with E-state index in [2.05, 4.69) is 24.5 Å². The third kappa shape index (κ3) is 12.5. The number of ether oxygens (including phenoxy) is 2. The Balaban J connectivity index is 1.74. The highest BCUT2D eigenvalue weighted by atomic mass is 32.2. The van der Waals surface area contributed by atoms with Crippen molar-refractivity contribution in [2.75, 3.05) is 17.7 Å². The summed E-state index contributed by atoms with van der Waals surface area (Å²) in [5.41, 5.74) is 2.07. The van der Waals surface area contributed by atoms with E-state index in [1.165, 1.54) is 18.7 Å². The Hall–Kier alpha value is -3.98. The zero-order chi connectivity index (χ0) is 32.6. The molecule has 0 spiro atoms. The molecular weight excluding hydrogens is 588 g/mol. The first-order chi connectivity index (χ1) is 21.7. The summed E-state index contributed by atoms with van der Waals surface area (Å²) in [5.74, 6) is 0.247. The average molecular weight is 635 g/mol. The lowest BCUT2D eigenvalue weighted by Crippen LogP contribution is -2.35. The Morgan fingerprint density at radius 3 is 2.29 bits per heavy atom. The van der Waals surface area contributed by atoms with Gasteiger partial charge in [0.1, 0.15) is 24.7 Å². The number of anilines is 1. The van der Waals surface area contributed by atoms with Crippen LogP contribution in [0.25, 0.3) is 0 Å². The molecule has 0 aliphatic rings. The van der Waals surface area contributed by atoms with Gasteiger partial charge in [0.2, 0.25) is 5.91 Å². The number of carboxylic acid groups (broad SMARTS) is 1. The van der Waals surface area contributed by atoms with Crippen molar-refractivity contribution in [2.24, 2.45) is 11.8 Å². The number of rotatable bonds is 19. The summed E-state index contributed by atoms with van der Waals surface area (Å²) in [6, 6.07) is 22.0. The van der Waals surface area contributed by atoms with Gasteiger partial charge in [-0.05, 0) is 67.3 Å². The summed E-state index contributed by atoms with van der Waals surface area (Å²) in [6.45, 7) is 8.28. The topological polar surface area (TPSA) is 114 Å². The van der Waals surface area contributed by atoms with Gasteiger partial charge in [-0.15, -0.1) is 11.8 Å². The van der Waals surface area contributed by atoms with Crippen molar-refractivity contribution in [3.05, 3.63) is 83.9 Å². The molecule has 3 N–H and O–H groups in total. The molecule has 3 aromatic carbocycles. The van der Waals surface area contributed by atoms with Gasteiger partial charge in [-0.3, -0.25) is 14.4 Å². The molecule has 3 atom stereocenters. The van der Waals surface area contributed by atoms with Gasteiger partial charge >= 0.3 is 5.97 Å². The fraction of sp³-hybridized carbons (Fsp3) is 0.417. The largest absolute Gasteiger partial charge is 0.491 e. The molecule has 3 aromatic rings. The summed E-state index contributed by atoms with van der Waals surface area (Å²) in [5, 5.41) is 15.8. The number of amides is 2. The van der Waals surface area contributed by atoms with Crippen molar-refractivity contribution in [3.8, 4) is 11.5 Å². The number of thioether (sulfide) groups is 1. The smallest absolute Gasteiger partial charge is 0.307 e. The molecule has 0 aliphatic carbocycles. The van der Waals surface area contributed by atoms with E-state index in [9.17, 15) is 19.5 Å². The first kappa shape index (κ1) is 35.5. The Morgan fingerprint density at radius 2 is 1.64 bits per heavy atom. The van der Waals surface area contributed by atoms with Gasteiger partial charge in [-0.1, -0.05) is 69.9 Å². The number of nitrogens with one attached hydrogen (secondary N) is 2. The van der Waals surface area contributed by atoms with Crippen LogP contribution < -0.4 is 20.1 Å². The first-order valence-electron chi connectivity index (χ1n) is 15.7. The minimum atomic E-state index is -0.798. The van der Waals surface area contributed by atoms with Gasteiger partial charge in [0.05, 0.1) is 17.6 Å². The minimum absolute atomic E-state index is 0.123. The number of carbonyl (C=O) groups is 3. The minimum Gasteiger partial charge on any atom is -0.491 e. The van der Waals surface area contributed by atoms with Crippen molar-refractivity contribution in [1.82, 2.24) is 5.32 Å². The lowest BCUT2D eigenvalue weighted by molar-refractivity contribution is -0.141. The Bertz CT molecular complexity index is 1370. The highest BCUT2D eigenvalue weighted by Gasteiger charge is 2.23. The van der Waals surface area contributed by atoms with Crippen molar-refractivity contribution < 1.29 is 29.0 Å². The van der Waals surface area contributed by atoms with E-state index >= 15 is 0 Å². The summed E-state index contributed by atoms with van der Waals surface area (Å²) in [6.07, 6.45) is 4.80. The fourth-order valence-corrected chi connectivity index (χ4v) is 6.01. The maximum Gasteiger partial charge on any atom is 0.307 e. The highest BCUT2D eigenvalue weighted by molar-refractivity contribution is 7.99. The molecule has 0 heterocycles. The zero-order valence-electron chi connectivity index (χ0n) is 26.7. The zero-order valence-corrected chi connectivity index (χ0v) is 27.5. The Labute approximate surface area is 271 Å². The van der Waals surface area contributed by atoms with Crippen LogP contribution in [-0.4, -0.2) is 41.3 Å². The van der Waals surface area contributed by atoms with Crippen molar-refractivity contribution >= 4 is 35.2 Å². The number of hydrogen-bond donors (Lipinski definition) is 3. The predicted molar refractivity (Wildman–Crippen MR) is 180 cm³/mol. The molecule has 0 aliphatic heterocycles. The summed E-state index contributed by atoms with van der Waals surface area (Å²) >= 11 is 1.42. The molecule has 0 radical (unpaired) electrons. The van der Waals surface area contributed by atoms with Crippen LogP contribution in [0.1, 0.15) is 75.7 Å². The molecular formula is C36H46N2O6S. The standard InChI is InChI=1S/C36H46N2O6S/c1-5-7-11-27(6-2)20-30(36(41)42)24-45-34-21-32(44-23-28-12-9-8-10-13-28)18-19-33(34)38-35(40)29-14-16-31(17-15-29)43-22-25(3)37-26(4)39/h8-10,12-19,21,25,27,30H,5-7,11,20,22-24H2,1-4H3,(H,37,39)(H,38,40)(H,41,42)/t25-,27?,30?/m0/s1. The van der Waals surface area contributed by atoms with Crippen LogP contribution in [0.5, 0.6) is 11.5 Å². The number of unbranched alkanes of at least 4 members (excludes halogenated alkanes) is 1. The first-order valence-corrected chi connectivity index (χ1v) is 16.6. The second kappa shape index (κ2) is 18.7. The quantitative estimate of drug-likeness (QED) is 0.115. The van der Waals surface area contributed by atoms with E-state index in [0.717, 1.165) is 36.1 Å². The van der Waals surface area contributed by atoms with Crippen LogP contribution in [0.3, 0.4) is 0 Å².